The van der Waals surface area contributed by atoms with Crippen molar-refractivity contribution in [1.82, 2.24) is 0 Å². The maximum absolute atomic E-state index is 10.8. The third kappa shape index (κ3) is 4.15. The van der Waals surface area contributed by atoms with Crippen molar-refractivity contribution >= 4 is 11.4 Å². The Balaban J connectivity index is 2.69. The highest BCUT2D eigenvalue weighted by molar-refractivity contribution is 5.62. The fourth-order valence-electron chi connectivity index (χ4n) is 1.42. The first-order valence-corrected chi connectivity index (χ1v) is 5.56. The van der Waals surface area contributed by atoms with Gasteiger partial charge in [0.05, 0.1) is 11.5 Å². The van der Waals surface area contributed by atoms with E-state index in [1.165, 1.54) is 6.07 Å². The molecular formula is C12H17N3O3. The normalized spacial score (nSPS) is 12.6. The Morgan fingerprint density at radius 2 is 2.33 bits per heavy atom. The number of hydrogen-bond donors (Lipinski definition) is 3. The van der Waals surface area contributed by atoms with Crippen LogP contribution < -0.4 is 11.1 Å². The van der Waals surface area contributed by atoms with Crippen LogP contribution in [0.4, 0.5) is 11.4 Å². The Labute approximate surface area is 105 Å². The summed E-state index contributed by atoms with van der Waals surface area (Å²) in [5.41, 5.74) is 6.94. The van der Waals surface area contributed by atoms with Gasteiger partial charge in [-0.15, -0.1) is 0 Å². The second kappa shape index (κ2) is 6.73. The number of nitrogens with zero attached hydrogens (tertiary/aromatic N) is 1. The number of anilines is 1. The summed E-state index contributed by atoms with van der Waals surface area (Å²) < 4.78 is 0. The standard InChI is InChI=1S/C12H17N3O3/c1-9-4-5-12(15(17)18)11(7-9)14-6-2-3-10(13)8-16/h2-5,7,10,14,16H,6,8,13H2,1H3/b3-2+. The zero-order valence-electron chi connectivity index (χ0n) is 10.2. The fraction of sp³-hybridized carbons (Fsp3) is 0.333. The summed E-state index contributed by atoms with van der Waals surface area (Å²) in [5.74, 6) is 0. The molecule has 1 aromatic rings. The maximum Gasteiger partial charge on any atom is 0.292 e. The van der Waals surface area contributed by atoms with Gasteiger partial charge in [0.2, 0.25) is 0 Å². The van der Waals surface area contributed by atoms with Gasteiger partial charge in [-0.3, -0.25) is 10.1 Å². The molecule has 18 heavy (non-hydrogen) atoms. The molecule has 0 aliphatic heterocycles. The van der Waals surface area contributed by atoms with Crippen molar-refractivity contribution in [3.63, 3.8) is 0 Å². The van der Waals surface area contributed by atoms with Crippen LogP contribution in [0.1, 0.15) is 5.56 Å². The van der Waals surface area contributed by atoms with Crippen LogP contribution in [-0.2, 0) is 0 Å². The fourth-order valence-corrected chi connectivity index (χ4v) is 1.42. The Morgan fingerprint density at radius 1 is 1.61 bits per heavy atom. The Morgan fingerprint density at radius 3 is 2.94 bits per heavy atom. The van der Waals surface area contributed by atoms with Crippen molar-refractivity contribution in [2.24, 2.45) is 5.73 Å². The molecule has 0 spiro atoms. The molecule has 0 radical (unpaired) electrons. The Bertz CT molecular complexity index is 446. The predicted molar refractivity (Wildman–Crippen MR) is 70.5 cm³/mol. The molecule has 1 rings (SSSR count). The molecule has 1 atom stereocenters. The molecule has 0 aromatic heterocycles. The van der Waals surface area contributed by atoms with Gasteiger partial charge in [-0.05, 0) is 18.6 Å². The van der Waals surface area contributed by atoms with Crippen LogP contribution in [-0.4, -0.2) is 29.2 Å². The summed E-state index contributed by atoms with van der Waals surface area (Å²) in [4.78, 5) is 10.4. The molecule has 0 heterocycles. The molecular weight excluding hydrogens is 234 g/mol. The van der Waals surface area contributed by atoms with Crippen molar-refractivity contribution in [2.45, 2.75) is 13.0 Å². The molecule has 98 valence electrons. The number of nitro benzene ring substituents is 1. The minimum Gasteiger partial charge on any atom is -0.394 e. The summed E-state index contributed by atoms with van der Waals surface area (Å²) in [6.07, 6.45) is 3.38. The molecule has 0 bridgehead atoms. The Hall–Kier alpha value is -1.92. The SMILES string of the molecule is Cc1ccc([N+](=O)[O-])c(NC/C=C/C(N)CO)c1. The molecule has 0 aliphatic carbocycles. The molecule has 0 fully saturated rings. The van der Waals surface area contributed by atoms with Crippen LogP contribution in [0, 0.1) is 17.0 Å². The van der Waals surface area contributed by atoms with E-state index < -0.39 is 11.0 Å². The first-order chi connectivity index (χ1) is 8.54. The summed E-state index contributed by atoms with van der Waals surface area (Å²) in [5, 5.41) is 22.5. The first-order valence-electron chi connectivity index (χ1n) is 5.56. The van der Waals surface area contributed by atoms with Crippen LogP contribution in [0.25, 0.3) is 0 Å². The van der Waals surface area contributed by atoms with E-state index in [1.807, 2.05) is 6.92 Å². The number of aliphatic hydroxyl groups is 1. The van der Waals surface area contributed by atoms with Gasteiger partial charge in [-0.2, -0.15) is 0 Å². The summed E-state index contributed by atoms with van der Waals surface area (Å²) in [7, 11) is 0. The molecule has 6 nitrogen and oxygen atoms in total. The predicted octanol–water partition coefficient (Wildman–Crippen LogP) is 1.19. The molecule has 0 amide bonds. The van der Waals surface area contributed by atoms with Gasteiger partial charge in [0, 0.05) is 18.7 Å². The maximum atomic E-state index is 10.8. The highest BCUT2D eigenvalue weighted by Crippen LogP contribution is 2.24. The topological polar surface area (TPSA) is 101 Å². The number of aliphatic hydroxyl groups excluding tert-OH is 1. The molecule has 1 unspecified atom stereocenters. The number of benzene rings is 1. The van der Waals surface area contributed by atoms with E-state index in [0.717, 1.165) is 5.56 Å². The van der Waals surface area contributed by atoms with Gasteiger partial charge in [-0.1, -0.05) is 18.2 Å². The van der Waals surface area contributed by atoms with Gasteiger partial charge in [0.15, 0.2) is 0 Å². The van der Waals surface area contributed by atoms with Crippen molar-refractivity contribution < 1.29 is 10.0 Å². The molecule has 0 aliphatic rings. The zero-order chi connectivity index (χ0) is 13.5. The summed E-state index contributed by atoms with van der Waals surface area (Å²) in [6, 6.07) is 4.49. The number of nitrogens with one attached hydrogen (secondary N) is 1. The van der Waals surface area contributed by atoms with E-state index in [-0.39, 0.29) is 12.3 Å². The highest BCUT2D eigenvalue weighted by Gasteiger charge is 2.12. The summed E-state index contributed by atoms with van der Waals surface area (Å²) in [6.45, 7) is 2.16. The lowest BCUT2D eigenvalue weighted by Crippen LogP contribution is -2.21. The Kier molecular flexibility index (Phi) is 5.29. The van der Waals surface area contributed by atoms with Crippen LogP contribution >= 0.6 is 0 Å². The number of nitro groups is 1. The molecule has 6 heteroatoms. The highest BCUT2D eigenvalue weighted by atomic mass is 16.6. The second-order valence-electron chi connectivity index (χ2n) is 3.93. The number of aryl methyl sites for hydroxylation is 1. The van der Waals surface area contributed by atoms with Crippen LogP contribution in [0.3, 0.4) is 0 Å². The van der Waals surface area contributed by atoms with E-state index in [1.54, 1.807) is 24.3 Å². The van der Waals surface area contributed by atoms with Crippen molar-refractivity contribution in [2.75, 3.05) is 18.5 Å². The van der Waals surface area contributed by atoms with Gasteiger partial charge >= 0.3 is 0 Å². The zero-order valence-corrected chi connectivity index (χ0v) is 10.2. The van der Waals surface area contributed by atoms with E-state index in [9.17, 15) is 10.1 Å². The number of hydrogen-bond acceptors (Lipinski definition) is 5. The van der Waals surface area contributed by atoms with E-state index >= 15 is 0 Å². The van der Waals surface area contributed by atoms with Gasteiger partial charge in [-0.25, -0.2) is 0 Å². The number of rotatable bonds is 6. The van der Waals surface area contributed by atoms with E-state index in [4.69, 9.17) is 10.8 Å². The lowest BCUT2D eigenvalue weighted by Gasteiger charge is -2.06. The third-order valence-electron chi connectivity index (χ3n) is 2.35. The van der Waals surface area contributed by atoms with Gasteiger partial charge in [0.25, 0.3) is 5.69 Å². The summed E-state index contributed by atoms with van der Waals surface area (Å²) >= 11 is 0. The number of nitrogens with two attached hydrogens (primary N) is 1. The molecule has 4 N–H and O–H groups in total. The average molecular weight is 251 g/mol. The van der Waals surface area contributed by atoms with Gasteiger partial charge in [0.1, 0.15) is 5.69 Å². The quantitative estimate of drug-likeness (QED) is 0.400. The molecule has 0 saturated heterocycles. The van der Waals surface area contributed by atoms with Crippen molar-refractivity contribution in [1.29, 1.82) is 0 Å². The van der Waals surface area contributed by atoms with Crippen LogP contribution in [0.15, 0.2) is 30.4 Å². The van der Waals surface area contributed by atoms with E-state index in [0.29, 0.717) is 12.2 Å². The first kappa shape index (κ1) is 14.1. The van der Waals surface area contributed by atoms with Gasteiger partial charge < -0.3 is 16.2 Å². The van der Waals surface area contributed by atoms with Crippen LogP contribution in [0.5, 0.6) is 0 Å². The smallest absolute Gasteiger partial charge is 0.292 e. The van der Waals surface area contributed by atoms with Crippen LogP contribution in [0.2, 0.25) is 0 Å². The monoisotopic (exact) mass is 251 g/mol. The van der Waals surface area contributed by atoms with E-state index in [2.05, 4.69) is 5.32 Å². The minimum atomic E-state index is -0.426. The minimum absolute atomic E-state index is 0.0421. The molecule has 0 saturated carbocycles. The largest absolute Gasteiger partial charge is 0.394 e. The molecule has 1 aromatic carbocycles. The lowest BCUT2D eigenvalue weighted by atomic mass is 10.2. The third-order valence-corrected chi connectivity index (χ3v) is 2.35. The van der Waals surface area contributed by atoms with Crippen molar-refractivity contribution in [3.8, 4) is 0 Å². The second-order valence-corrected chi connectivity index (χ2v) is 3.93. The average Bonchev–Trinajstić information content (AvgIpc) is 2.34. The van der Waals surface area contributed by atoms with Crippen molar-refractivity contribution in [3.05, 3.63) is 46.0 Å². The lowest BCUT2D eigenvalue weighted by molar-refractivity contribution is -0.384.